The molecule has 2 aromatic carbocycles. The number of nitrogens with one attached hydrogen (secondary N) is 1. The highest BCUT2D eigenvalue weighted by Gasteiger charge is 2.14. The molecule has 0 saturated carbocycles. The Morgan fingerprint density at radius 1 is 0.962 bits per heavy atom. The van der Waals surface area contributed by atoms with Gasteiger partial charge in [0.2, 0.25) is 0 Å². The molecule has 0 spiro atoms. The molecule has 1 heterocycles. The Labute approximate surface area is 154 Å². The van der Waals surface area contributed by atoms with Gasteiger partial charge in [-0.2, -0.15) is 15.0 Å². The summed E-state index contributed by atoms with van der Waals surface area (Å²) in [5.74, 6) is -0.231. The number of unbranched alkanes of at least 4 members (excludes halogenated alkanes) is 2. The average molecular weight is 352 g/mol. The summed E-state index contributed by atoms with van der Waals surface area (Å²) >= 11 is 0. The highest BCUT2D eigenvalue weighted by molar-refractivity contribution is 5.60. The van der Waals surface area contributed by atoms with Gasteiger partial charge in [-0.1, -0.05) is 68.3 Å². The highest BCUT2D eigenvalue weighted by Crippen LogP contribution is 2.20. The van der Waals surface area contributed by atoms with Gasteiger partial charge in [0, 0.05) is 17.7 Å². The minimum absolute atomic E-state index is 0.231. The number of hydrogen-bond donors (Lipinski definition) is 1. The lowest BCUT2D eigenvalue weighted by Gasteiger charge is -2.03. The van der Waals surface area contributed by atoms with Gasteiger partial charge in [-0.3, -0.25) is 0 Å². The van der Waals surface area contributed by atoms with Gasteiger partial charge >= 0.3 is 0 Å². The van der Waals surface area contributed by atoms with Gasteiger partial charge in [-0.15, -0.1) is 0 Å². The molecule has 1 aromatic heterocycles. The smallest absolute Gasteiger partial charge is 0.128 e. The van der Waals surface area contributed by atoms with Gasteiger partial charge in [0.05, 0.1) is 6.54 Å². The van der Waals surface area contributed by atoms with Crippen molar-refractivity contribution in [3.05, 3.63) is 71.7 Å². The van der Waals surface area contributed by atoms with E-state index >= 15 is 0 Å². The molecule has 3 aromatic rings. The third-order valence-corrected chi connectivity index (χ3v) is 4.29. The molecule has 4 nitrogen and oxygen atoms in total. The lowest BCUT2D eigenvalue weighted by Crippen LogP contribution is -2.16. The molecule has 0 saturated heterocycles. The minimum atomic E-state index is -0.231. The summed E-state index contributed by atoms with van der Waals surface area (Å²) in [5, 5.41) is 12.7. The van der Waals surface area contributed by atoms with Crippen LogP contribution in [0.2, 0.25) is 0 Å². The summed E-state index contributed by atoms with van der Waals surface area (Å²) in [4.78, 5) is 1.59. The summed E-state index contributed by atoms with van der Waals surface area (Å²) < 4.78 is 13.9. The topological polar surface area (TPSA) is 42.7 Å². The van der Waals surface area contributed by atoms with Crippen molar-refractivity contribution in [1.82, 2.24) is 20.3 Å². The Hall–Kier alpha value is -2.53. The molecule has 0 atom stereocenters. The Balaban J connectivity index is 1.79. The van der Waals surface area contributed by atoms with Gasteiger partial charge in [0.1, 0.15) is 17.2 Å². The lowest BCUT2D eigenvalue weighted by molar-refractivity contribution is 0.541. The number of rotatable bonds is 9. The fourth-order valence-corrected chi connectivity index (χ4v) is 2.88. The molecule has 26 heavy (non-hydrogen) atoms. The van der Waals surface area contributed by atoms with E-state index in [4.69, 9.17) is 0 Å². The van der Waals surface area contributed by atoms with Crippen LogP contribution in [0, 0.1) is 5.82 Å². The van der Waals surface area contributed by atoms with Crippen LogP contribution in [-0.2, 0) is 13.1 Å². The Bertz CT molecular complexity index is 814. The second kappa shape index (κ2) is 9.25. The predicted molar refractivity (Wildman–Crippen MR) is 102 cm³/mol. The van der Waals surface area contributed by atoms with E-state index < -0.39 is 0 Å². The van der Waals surface area contributed by atoms with E-state index in [1.807, 2.05) is 36.4 Å². The molecule has 0 aliphatic heterocycles. The van der Waals surface area contributed by atoms with E-state index in [2.05, 4.69) is 22.4 Å². The zero-order valence-corrected chi connectivity index (χ0v) is 15.2. The van der Waals surface area contributed by atoms with Crippen LogP contribution in [0.1, 0.15) is 37.4 Å². The van der Waals surface area contributed by atoms with E-state index in [0.29, 0.717) is 18.7 Å². The average Bonchev–Trinajstić information content (AvgIpc) is 3.07. The van der Waals surface area contributed by atoms with Crippen LogP contribution in [0.25, 0.3) is 11.3 Å². The summed E-state index contributed by atoms with van der Waals surface area (Å²) in [7, 11) is 0. The fraction of sp³-hybridized carbons (Fsp3) is 0.333. The molecule has 5 heteroatoms. The molecule has 0 fully saturated rings. The second-order valence-electron chi connectivity index (χ2n) is 6.37. The third-order valence-electron chi connectivity index (χ3n) is 4.29. The molecule has 0 radical (unpaired) electrons. The zero-order valence-electron chi connectivity index (χ0n) is 15.2. The molecular formula is C21H25FN4. The predicted octanol–water partition coefficient (Wildman–Crippen LogP) is 4.41. The van der Waals surface area contributed by atoms with Crippen molar-refractivity contribution >= 4 is 0 Å². The Morgan fingerprint density at radius 2 is 1.73 bits per heavy atom. The van der Waals surface area contributed by atoms with Crippen molar-refractivity contribution in [2.45, 2.75) is 39.3 Å². The quantitative estimate of drug-likeness (QED) is 0.580. The van der Waals surface area contributed by atoms with Crippen molar-refractivity contribution < 1.29 is 4.39 Å². The van der Waals surface area contributed by atoms with Crippen LogP contribution >= 0.6 is 0 Å². The van der Waals surface area contributed by atoms with Crippen molar-refractivity contribution in [3.8, 4) is 11.3 Å². The van der Waals surface area contributed by atoms with Crippen LogP contribution in [0.3, 0.4) is 0 Å². The molecule has 136 valence electrons. The standard InChI is InChI=1S/C21H25FN4/c1-2-3-9-14-23-15-20-21(17-10-5-4-6-11-17)25-26(24-20)16-18-12-7-8-13-19(18)22/h4-8,10-13,23H,2-3,9,14-16H2,1H3. The zero-order chi connectivity index (χ0) is 18.2. The summed E-state index contributed by atoms with van der Waals surface area (Å²) in [5.41, 5.74) is 3.36. The maximum absolute atomic E-state index is 13.9. The monoisotopic (exact) mass is 352 g/mol. The van der Waals surface area contributed by atoms with Gasteiger partial charge < -0.3 is 5.32 Å². The maximum Gasteiger partial charge on any atom is 0.128 e. The maximum atomic E-state index is 13.9. The van der Waals surface area contributed by atoms with E-state index in [-0.39, 0.29) is 5.82 Å². The van der Waals surface area contributed by atoms with Gasteiger partial charge in [-0.25, -0.2) is 4.39 Å². The first kappa shape index (κ1) is 18.3. The number of benzene rings is 2. The fourth-order valence-electron chi connectivity index (χ4n) is 2.88. The summed E-state index contributed by atoms with van der Waals surface area (Å²) in [6.45, 7) is 4.14. The number of aromatic nitrogens is 3. The SMILES string of the molecule is CCCCCNCc1nn(Cc2ccccc2F)nc1-c1ccccc1. The van der Waals surface area contributed by atoms with Gasteiger partial charge in [0.25, 0.3) is 0 Å². The normalized spacial score (nSPS) is 11.0. The van der Waals surface area contributed by atoms with E-state index in [1.54, 1.807) is 16.9 Å². The molecule has 0 amide bonds. The first-order valence-electron chi connectivity index (χ1n) is 9.21. The summed E-state index contributed by atoms with van der Waals surface area (Å²) in [6, 6.07) is 16.8. The van der Waals surface area contributed by atoms with Crippen molar-refractivity contribution in [2.75, 3.05) is 6.54 Å². The van der Waals surface area contributed by atoms with Crippen LogP contribution < -0.4 is 5.32 Å². The molecular weight excluding hydrogens is 327 g/mol. The Morgan fingerprint density at radius 3 is 2.50 bits per heavy atom. The van der Waals surface area contributed by atoms with E-state index in [1.165, 1.54) is 18.9 Å². The van der Waals surface area contributed by atoms with Gasteiger partial charge in [0.15, 0.2) is 0 Å². The number of hydrogen-bond acceptors (Lipinski definition) is 3. The molecule has 1 N–H and O–H groups in total. The molecule has 0 bridgehead atoms. The second-order valence-corrected chi connectivity index (χ2v) is 6.37. The van der Waals surface area contributed by atoms with Crippen LogP contribution in [-0.4, -0.2) is 21.5 Å². The Kier molecular flexibility index (Phi) is 6.50. The van der Waals surface area contributed by atoms with Crippen LogP contribution in [0.4, 0.5) is 4.39 Å². The number of nitrogens with zero attached hydrogens (tertiary/aromatic N) is 3. The van der Waals surface area contributed by atoms with Crippen LogP contribution in [0.5, 0.6) is 0 Å². The van der Waals surface area contributed by atoms with Crippen molar-refractivity contribution in [3.63, 3.8) is 0 Å². The van der Waals surface area contributed by atoms with E-state index in [9.17, 15) is 4.39 Å². The third kappa shape index (κ3) is 4.76. The number of halogens is 1. The van der Waals surface area contributed by atoms with Crippen LogP contribution in [0.15, 0.2) is 54.6 Å². The highest BCUT2D eigenvalue weighted by atomic mass is 19.1. The molecule has 0 unspecified atom stereocenters. The largest absolute Gasteiger partial charge is 0.311 e. The van der Waals surface area contributed by atoms with Crippen molar-refractivity contribution in [1.29, 1.82) is 0 Å². The van der Waals surface area contributed by atoms with Crippen molar-refractivity contribution in [2.24, 2.45) is 0 Å². The van der Waals surface area contributed by atoms with Gasteiger partial charge in [-0.05, 0) is 19.0 Å². The first-order valence-corrected chi connectivity index (χ1v) is 9.21. The summed E-state index contributed by atoms with van der Waals surface area (Å²) in [6.07, 6.45) is 3.58. The minimum Gasteiger partial charge on any atom is -0.311 e. The first-order chi connectivity index (χ1) is 12.8. The van der Waals surface area contributed by atoms with E-state index in [0.717, 1.165) is 29.9 Å². The molecule has 0 aliphatic rings. The lowest BCUT2D eigenvalue weighted by atomic mass is 10.1. The molecule has 3 rings (SSSR count). The molecule has 0 aliphatic carbocycles.